The molecule has 7 fully saturated rings. The highest BCUT2D eigenvalue weighted by atomic mass is 16.5. The molecule has 13 unspecified atom stereocenters. The van der Waals surface area contributed by atoms with Gasteiger partial charge in [0.2, 0.25) is 0 Å². The molecule has 1 aliphatic heterocycles. The Morgan fingerprint density at radius 3 is 2.20 bits per heavy atom. The van der Waals surface area contributed by atoms with E-state index in [0.29, 0.717) is 29.2 Å². The summed E-state index contributed by atoms with van der Waals surface area (Å²) in [4.78, 5) is 42.1. The molecule has 8 heteroatoms. The van der Waals surface area contributed by atoms with Crippen LogP contribution in [0.1, 0.15) is 123 Å². The number of aliphatic carboxylic acids is 1. The molecule has 6 saturated carbocycles. The minimum Gasteiger partial charge on any atom is -0.481 e. The number of carbonyl (C=O) groups excluding carboxylic acids is 2. The lowest BCUT2D eigenvalue weighted by atomic mass is 9.43. The van der Waals surface area contributed by atoms with E-state index in [9.17, 15) is 19.5 Å². The van der Waals surface area contributed by atoms with Gasteiger partial charge in [0.15, 0.2) is 0 Å². The van der Waals surface area contributed by atoms with Crippen molar-refractivity contribution in [1.29, 1.82) is 0 Å². The second kappa shape index (κ2) is 17.4. The first-order chi connectivity index (χ1) is 26.0. The summed E-state index contributed by atoms with van der Waals surface area (Å²) in [6, 6.07) is 9.71. The summed E-state index contributed by atoms with van der Waals surface area (Å²) in [5.74, 6) is 3.56. The van der Waals surface area contributed by atoms with Gasteiger partial charge in [-0.05, 0) is 142 Å². The van der Waals surface area contributed by atoms with E-state index in [-0.39, 0.29) is 37.2 Å². The zero-order valence-electron chi connectivity index (χ0n) is 33.7. The number of piperazine rings is 1. The third-order valence-electron chi connectivity index (χ3n) is 16.7. The number of esters is 1. The topological polar surface area (TPSA) is 99.2 Å². The molecule has 1 saturated heterocycles. The van der Waals surface area contributed by atoms with E-state index >= 15 is 0 Å². The van der Waals surface area contributed by atoms with Crippen LogP contribution >= 0.6 is 0 Å². The Balaban J connectivity index is 0.00000125. The van der Waals surface area contributed by atoms with E-state index < -0.39 is 11.9 Å². The molecular weight excluding hydrogens is 687 g/mol. The lowest BCUT2D eigenvalue weighted by Crippen LogP contribution is -2.61. The smallest absolute Gasteiger partial charge is 0.309 e. The Labute approximate surface area is 332 Å². The molecule has 8 rings (SSSR count). The van der Waals surface area contributed by atoms with Crippen LogP contribution < -0.4 is 5.32 Å². The van der Waals surface area contributed by atoms with Gasteiger partial charge in [0, 0.05) is 50.4 Å². The third-order valence-corrected chi connectivity index (χ3v) is 16.7. The molecule has 55 heavy (non-hydrogen) atoms. The molecule has 1 aromatic carbocycles. The number of hydrogen-bond acceptors (Lipinski definition) is 6. The first-order valence-corrected chi connectivity index (χ1v) is 21.8. The van der Waals surface area contributed by atoms with Crippen LogP contribution in [0.5, 0.6) is 0 Å². The standard InChI is InChI=1S/C43H63N3O5.C3H6.CH4/c1-27-33(40(48)49)26-34(27)41(50)51-38-16-18-42(3)35(28(38)2)13-11-31-30-15-19-43(17-7-10-37(43)32(30)12-14-36(31)42)44-20-21-45-22-24-46(25-23-45)39(47)29-8-5-4-6-9-29;1-3-2;/h4-6,8-9,27-28,30-38,44H,7,10-26H2,1-3H3,(H,48,49);3H,1H2,2H3;1H4. The van der Waals surface area contributed by atoms with Gasteiger partial charge >= 0.3 is 11.9 Å². The molecule has 8 nitrogen and oxygen atoms in total. The monoisotopic (exact) mass is 760 g/mol. The minimum absolute atomic E-state index is 0. The van der Waals surface area contributed by atoms with Crippen molar-refractivity contribution in [3.8, 4) is 0 Å². The molecule has 1 heterocycles. The van der Waals surface area contributed by atoms with Crippen molar-refractivity contribution in [2.45, 2.75) is 124 Å². The predicted octanol–water partition coefficient (Wildman–Crippen LogP) is 8.57. The number of amides is 1. The van der Waals surface area contributed by atoms with Gasteiger partial charge in [-0.15, -0.1) is 6.58 Å². The zero-order valence-corrected chi connectivity index (χ0v) is 33.7. The Kier molecular flexibility index (Phi) is 13.3. The number of carboxylic acid groups (broad SMARTS) is 1. The maximum absolute atomic E-state index is 13.1. The number of nitrogens with zero attached hydrogens (tertiary/aromatic N) is 2. The number of ether oxygens (including phenoxy) is 1. The highest BCUT2D eigenvalue weighted by molar-refractivity contribution is 5.94. The second-order valence-electron chi connectivity index (χ2n) is 18.9. The Morgan fingerprint density at radius 2 is 1.53 bits per heavy atom. The summed E-state index contributed by atoms with van der Waals surface area (Å²) >= 11 is 0. The van der Waals surface area contributed by atoms with Gasteiger partial charge in [-0.25, -0.2) is 0 Å². The van der Waals surface area contributed by atoms with Crippen LogP contribution in [0.25, 0.3) is 0 Å². The van der Waals surface area contributed by atoms with Crippen molar-refractivity contribution in [1.82, 2.24) is 15.1 Å². The van der Waals surface area contributed by atoms with Crippen molar-refractivity contribution < 1.29 is 24.2 Å². The minimum atomic E-state index is -0.784. The molecule has 0 radical (unpaired) electrons. The molecule has 7 aliphatic rings. The summed E-state index contributed by atoms with van der Waals surface area (Å²) in [7, 11) is 0. The summed E-state index contributed by atoms with van der Waals surface area (Å²) in [6.07, 6.45) is 16.4. The van der Waals surface area contributed by atoms with Crippen LogP contribution in [-0.2, 0) is 14.3 Å². The van der Waals surface area contributed by atoms with E-state index in [0.717, 1.165) is 87.3 Å². The van der Waals surface area contributed by atoms with Crippen molar-refractivity contribution in [3.63, 3.8) is 0 Å². The summed E-state index contributed by atoms with van der Waals surface area (Å²) in [5, 5.41) is 13.6. The van der Waals surface area contributed by atoms with Crippen molar-refractivity contribution in [2.75, 3.05) is 39.3 Å². The molecule has 1 aromatic rings. The molecule has 6 aliphatic carbocycles. The third kappa shape index (κ3) is 7.94. The van der Waals surface area contributed by atoms with Crippen molar-refractivity contribution in [3.05, 3.63) is 48.6 Å². The Hall–Kier alpha value is -2.71. The molecule has 0 bridgehead atoms. The average Bonchev–Trinajstić information content (AvgIpc) is 3.60. The summed E-state index contributed by atoms with van der Waals surface area (Å²) in [6.45, 7) is 17.8. The fourth-order valence-corrected chi connectivity index (χ4v) is 13.8. The van der Waals surface area contributed by atoms with E-state index in [1.165, 1.54) is 57.8 Å². The summed E-state index contributed by atoms with van der Waals surface area (Å²) < 4.78 is 6.22. The first-order valence-electron chi connectivity index (χ1n) is 21.8. The average molecular weight is 760 g/mol. The van der Waals surface area contributed by atoms with E-state index in [4.69, 9.17) is 4.74 Å². The highest BCUT2D eigenvalue weighted by Gasteiger charge is 2.61. The number of rotatable bonds is 8. The van der Waals surface area contributed by atoms with Gasteiger partial charge in [0.1, 0.15) is 6.10 Å². The molecular formula is C47H73N3O5. The van der Waals surface area contributed by atoms with Gasteiger partial charge in [-0.1, -0.05) is 58.9 Å². The number of carbonyl (C=O) groups is 3. The number of nitrogens with one attached hydrogen (secondary N) is 1. The number of fused-ring (bicyclic) bond motifs is 7. The maximum atomic E-state index is 13.1. The van der Waals surface area contributed by atoms with Crippen LogP contribution in [0.4, 0.5) is 0 Å². The zero-order chi connectivity index (χ0) is 38.2. The normalized spacial score (nSPS) is 40.6. The number of carboxylic acids is 1. The highest BCUT2D eigenvalue weighted by Crippen LogP contribution is 2.66. The summed E-state index contributed by atoms with van der Waals surface area (Å²) in [5.41, 5.74) is 1.44. The van der Waals surface area contributed by atoms with Crippen molar-refractivity contribution in [2.24, 2.45) is 64.6 Å². The van der Waals surface area contributed by atoms with Crippen LogP contribution in [-0.4, -0.2) is 83.7 Å². The fraction of sp³-hybridized carbons (Fsp3) is 0.766. The lowest BCUT2D eigenvalue weighted by Gasteiger charge is -2.63. The van der Waals surface area contributed by atoms with E-state index in [1.807, 2.05) is 49.1 Å². The van der Waals surface area contributed by atoms with Gasteiger partial charge in [0.05, 0.1) is 11.8 Å². The predicted molar refractivity (Wildman–Crippen MR) is 219 cm³/mol. The molecule has 0 spiro atoms. The second-order valence-corrected chi connectivity index (χ2v) is 18.9. The SMILES string of the molecule is C.C=CC.CC1C(C(=O)O)CC1C(=O)OC1CCC2(C)C(CCC3C4CCC5(NCCN6CCN(C(=O)c7ccccc7)CC6)CCCC5C4CCC32)C1C. The quantitative estimate of drug-likeness (QED) is 0.203. The number of allylic oxidation sites excluding steroid dienone is 1. The Morgan fingerprint density at radius 1 is 0.855 bits per heavy atom. The van der Waals surface area contributed by atoms with Gasteiger partial charge in [0.25, 0.3) is 5.91 Å². The number of benzene rings is 1. The molecule has 2 N–H and O–H groups in total. The van der Waals surface area contributed by atoms with Gasteiger partial charge in [-0.2, -0.15) is 0 Å². The molecule has 13 atom stereocenters. The van der Waals surface area contributed by atoms with Crippen molar-refractivity contribution >= 4 is 17.8 Å². The molecule has 0 aromatic heterocycles. The fourth-order valence-electron chi connectivity index (χ4n) is 13.8. The molecule has 306 valence electrons. The van der Waals surface area contributed by atoms with Gasteiger partial charge < -0.3 is 20.1 Å². The maximum Gasteiger partial charge on any atom is 0.309 e. The number of hydrogen-bond donors (Lipinski definition) is 2. The van der Waals surface area contributed by atoms with Crippen LogP contribution in [0.3, 0.4) is 0 Å². The molecule has 1 amide bonds. The van der Waals surface area contributed by atoms with E-state index in [2.05, 4.69) is 30.6 Å². The van der Waals surface area contributed by atoms with Crippen LogP contribution in [0.15, 0.2) is 43.0 Å². The van der Waals surface area contributed by atoms with Crippen LogP contribution in [0.2, 0.25) is 0 Å². The lowest BCUT2D eigenvalue weighted by molar-refractivity contribution is -0.186. The largest absolute Gasteiger partial charge is 0.481 e. The van der Waals surface area contributed by atoms with Gasteiger partial charge in [-0.3, -0.25) is 19.3 Å². The first kappa shape index (κ1) is 41.9. The Bertz CT molecular complexity index is 1490. The van der Waals surface area contributed by atoms with Crippen LogP contribution in [0, 0.1) is 64.6 Å². The van der Waals surface area contributed by atoms with E-state index in [1.54, 1.807) is 6.08 Å².